The second kappa shape index (κ2) is 5.60. The van der Waals surface area contributed by atoms with Crippen molar-refractivity contribution < 1.29 is 13.9 Å². The third-order valence-corrected chi connectivity index (χ3v) is 3.13. The van der Waals surface area contributed by atoms with E-state index in [4.69, 9.17) is 5.73 Å². The zero-order chi connectivity index (χ0) is 14.8. The molecular formula is C14H15F2N3O. The van der Waals surface area contributed by atoms with E-state index in [1.807, 2.05) is 0 Å². The van der Waals surface area contributed by atoms with E-state index in [0.717, 1.165) is 12.1 Å². The van der Waals surface area contributed by atoms with Crippen LogP contribution in [-0.4, -0.2) is 15.1 Å². The summed E-state index contributed by atoms with van der Waals surface area (Å²) in [5.74, 6) is -1.40. The molecule has 6 heteroatoms. The number of aliphatic hydroxyl groups is 1. The van der Waals surface area contributed by atoms with Crippen molar-refractivity contribution in [1.29, 1.82) is 0 Å². The van der Waals surface area contributed by atoms with Gasteiger partial charge in [-0.2, -0.15) is 0 Å². The van der Waals surface area contributed by atoms with Gasteiger partial charge in [0, 0.05) is 35.1 Å². The molecule has 0 aliphatic rings. The normalized spacial score (nSPS) is 15.7. The van der Waals surface area contributed by atoms with Gasteiger partial charge in [-0.15, -0.1) is 0 Å². The predicted molar refractivity (Wildman–Crippen MR) is 69.5 cm³/mol. The third kappa shape index (κ3) is 3.15. The maximum absolute atomic E-state index is 13.8. The van der Waals surface area contributed by atoms with Crippen molar-refractivity contribution in [2.24, 2.45) is 5.73 Å². The molecule has 4 nitrogen and oxygen atoms in total. The first-order valence-corrected chi connectivity index (χ1v) is 6.07. The number of nitrogens with zero attached hydrogens (tertiary/aromatic N) is 2. The molecule has 0 spiro atoms. The molecule has 2 rings (SSSR count). The van der Waals surface area contributed by atoms with Crippen LogP contribution in [0, 0.1) is 11.6 Å². The average molecular weight is 279 g/mol. The fourth-order valence-corrected chi connectivity index (χ4v) is 2.06. The number of hydrogen-bond donors (Lipinski definition) is 2. The summed E-state index contributed by atoms with van der Waals surface area (Å²) in [7, 11) is 0. The van der Waals surface area contributed by atoms with E-state index >= 15 is 0 Å². The van der Waals surface area contributed by atoms with Crippen LogP contribution in [0.4, 0.5) is 8.78 Å². The highest BCUT2D eigenvalue weighted by atomic mass is 19.1. The smallest absolute Gasteiger partial charge is 0.131 e. The van der Waals surface area contributed by atoms with Gasteiger partial charge in [0.1, 0.15) is 18.0 Å². The molecule has 2 aromatic rings. The van der Waals surface area contributed by atoms with Crippen LogP contribution < -0.4 is 5.73 Å². The summed E-state index contributed by atoms with van der Waals surface area (Å²) in [6.45, 7) is 1.58. The van der Waals surface area contributed by atoms with Crippen LogP contribution in [0.25, 0.3) is 0 Å². The lowest BCUT2D eigenvalue weighted by Crippen LogP contribution is -2.36. The number of halogens is 2. The van der Waals surface area contributed by atoms with Gasteiger partial charge < -0.3 is 10.8 Å². The van der Waals surface area contributed by atoms with Crippen molar-refractivity contribution >= 4 is 0 Å². The molecule has 0 bridgehead atoms. The van der Waals surface area contributed by atoms with Gasteiger partial charge in [0.25, 0.3) is 0 Å². The van der Waals surface area contributed by atoms with E-state index in [0.29, 0.717) is 5.56 Å². The van der Waals surface area contributed by atoms with Gasteiger partial charge in [0.05, 0.1) is 6.10 Å². The predicted octanol–water partition coefficient (Wildman–Crippen LogP) is 2.05. The van der Waals surface area contributed by atoms with Gasteiger partial charge in [-0.05, 0) is 19.4 Å². The Morgan fingerprint density at radius 2 is 1.95 bits per heavy atom. The minimum atomic E-state index is -1.15. The van der Waals surface area contributed by atoms with Gasteiger partial charge in [-0.1, -0.05) is 6.07 Å². The Morgan fingerprint density at radius 1 is 1.30 bits per heavy atom. The molecule has 3 N–H and O–H groups in total. The summed E-state index contributed by atoms with van der Waals surface area (Å²) in [6.07, 6.45) is 3.40. The number of hydrogen-bond acceptors (Lipinski definition) is 4. The zero-order valence-electron chi connectivity index (χ0n) is 10.9. The second-order valence-corrected chi connectivity index (χ2v) is 4.93. The Balaban J connectivity index is 2.22. The van der Waals surface area contributed by atoms with Crippen molar-refractivity contribution in [3.8, 4) is 0 Å². The molecule has 20 heavy (non-hydrogen) atoms. The topological polar surface area (TPSA) is 72.0 Å². The number of aliphatic hydroxyl groups excluding tert-OH is 1. The van der Waals surface area contributed by atoms with Crippen LogP contribution in [0.2, 0.25) is 0 Å². The molecule has 0 aliphatic heterocycles. The quantitative estimate of drug-likeness (QED) is 0.898. The fraction of sp³-hybridized carbons (Fsp3) is 0.286. The summed E-state index contributed by atoms with van der Waals surface area (Å²) in [4.78, 5) is 7.60. The van der Waals surface area contributed by atoms with Crippen LogP contribution in [0.5, 0.6) is 0 Å². The maximum atomic E-state index is 13.8. The molecule has 0 aliphatic carbocycles. The lowest BCUT2D eigenvalue weighted by molar-refractivity contribution is 0.135. The molecule has 0 saturated heterocycles. The minimum absolute atomic E-state index is 0.0585. The maximum Gasteiger partial charge on any atom is 0.131 e. The first kappa shape index (κ1) is 14.5. The van der Waals surface area contributed by atoms with Crippen molar-refractivity contribution in [2.75, 3.05) is 0 Å². The molecular weight excluding hydrogens is 264 g/mol. The molecule has 1 aromatic carbocycles. The highest BCUT2D eigenvalue weighted by molar-refractivity contribution is 5.26. The van der Waals surface area contributed by atoms with E-state index in [1.54, 1.807) is 6.92 Å². The standard InChI is InChI=1S/C14H15F2N3O/c1-14(17,11-3-2-10(15)4-12(11)16)5-13(20)9-6-18-8-19-7-9/h2-4,6-8,13,20H,5,17H2,1H3/t13-,14?/m1/s1. The highest BCUT2D eigenvalue weighted by Crippen LogP contribution is 2.31. The van der Waals surface area contributed by atoms with E-state index < -0.39 is 23.3 Å². The summed E-state index contributed by atoms with van der Waals surface area (Å²) < 4.78 is 26.7. The molecule has 1 heterocycles. The molecule has 0 amide bonds. The first-order chi connectivity index (χ1) is 9.40. The van der Waals surface area contributed by atoms with Crippen LogP contribution in [-0.2, 0) is 5.54 Å². The largest absolute Gasteiger partial charge is 0.388 e. The first-order valence-electron chi connectivity index (χ1n) is 6.07. The SMILES string of the molecule is CC(N)(C[C@@H](O)c1cncnc1)c1ccc(F)cc1F. The van der Waals surface area contributed by atoms with Crippen LogP contribution in [0.3, 0.4) is 0 Å². The second-order valence-electron chi connectivity index (χ2n) is 4.93. The Morgan fingerprint density at radius 3 is 2.55 bits per heavy atom. The molecule has 106 valence electrons. The van der Waals surface area contributed by atoms with Crippen LogP contribution in [0.15, 0.2) is 36.9 Å². The Bertz CT molecular complexity index is 590. The van der Waals surface area contributed by atoms with Gasteiger partial charge >= 0.3 is 0 Å². The highest BCUT2D eigenvalue weighted by Gasteiger charge is 2.28. The lowest BCUT2D eigenvalue weighted by Gasteiger charge is -2.28. The van der Waals surface area contributed by atoms with Crippen molar-refractivity contribution in [3.05, 3.63) is 59.7 Å². The van der Waals surface area contributed by atoms with E-state index in [9.17, 15) is 13.9 Å². The van der Waals surface area contributed by atoms with Crippen LogP contribution >= 0.6 is 0 Å². The molecule has 0 radical (unpaired) electrons. The summed E-state index contributed by atoms with van der Waals surface area (Å²) >= 11 is 0. The Hall–Kier alpha value is -1.92. The van der Waals surface area contributed by atoms with Crippen molar-refractivity contribution in [2.45, 2.75) is 25.0 Å². The number of nitrogens with two attached hydrogens (primary N) is 1. The lowest BCUT2D eigenvalue weighted by atomic mass is 9.85. The van der Waals surface area contributed by atoms with Gasteiger partial charge in [0.15, 0.2) is 0 Å². The number of benzene rings is 1. The zero-order valence-corrected chi connectivity index (χ0v) is 10.9. The summed E-state index contributed by atoms with van der Waals surface area (Å²) in [6, 6.07) is 3.21. The van der Waals surface area contributed by atoms with Crippen molar-refractivity contribution in [3.63, 3.8) is 0 Å². The van der Waals surface area contributed by atoms with Gasteiger partial charge in [0.2, 0.25) is 0 Å². The molecule has 2 atom stereocenters. The fourth-order valence-electron chi connectivity index (χ4n) is 2.06. The minimum Gasteiger partial charge on any atom is -0.388 e. The third-order valence-electron chi connectivity index (χ3n) is 3.13. The molecule has 0 saturated carbocycles. The summed E-state index contributed by atoms with van der Waals surface area (Å²) in [5, 5.41) is 10.1. The Kier molecular flexibility index (Phi) is 4.06. The number of rotatable bonds is 4. The monoisotopic (exact) mass is 279 g/mol. The van der Waals surface area contributed by atoms with Gasteiger partial charge in [-0.3, -0.25) is 0 Å². The molecule has 1 aromatic heterocycles. The Labute approximate surface area is 115 Å². The average Bonchev–Trinajstić information content (AvgIpc) is 2.38. The number of aromatic nitrogens is 2. The van der Waals surface area contributed by atoms with Crippen molar-refractivity contribution in [1.82, 2.24) is 9.97 Å². The summed E-state index contributed by atoms with van der Waals surface area (Å²) in [5.41, 5.74) is 5.56. The van der Waals surface area contributed by atoms with Gasteiger partial charge in [-0.25, -0.2) is 18.7 Å². The van der Waals surface area contributed by atoms with E-state index in [1.165, 1.54) is 24.8 Å². The van der Waals surface area contributed by atoms with E-state index in [-0.39, 0.29) is 12.0 Å². The molecule has 1 unspecified atom stereocenters. The van der Waals surface area contributed by atoms with E-state index in [2.05, 4.69) is 9.97 Å². The molecule has 0 fully saturated rings. The van der Waals surface area contributed by atoms with Crippen LogP contribution in [0.1, 0.15) is 30.6 Å².